The molecule has 0 radical (unpaired) electrons. The fraction of sp³-hybridized carbons (Fsp3) is 0.536. The van der Waals surface area contributed by atoms with Gasteiger partial charge in [0, 0.05) is 47.8 Å². The van der Waals surface area contributed by atoms with Crippen molar-refractivity contribution >= 4 is 17.7 Å². The standard InChI is InChI=1S/C28H31N3O6/c1-29(24(33)7-4-17-8-11-36-15-17)20-6-5-19-22-12-18-21(31(34)35)13-23(32)26-25(18)28(19,27(20)37-26)9-10-30(22)14-16-2-3-16/h4,7-8,11,13,15-16,19-20,22,27,32H,2-3,5-6,9-10,12,14H2,1H3/b7-4+/t19-,20-,22+,27-,28-/m0/s1. The Hall–Kier alpha value is -3.33. The molecule has 2 aromatic rings. The van der Waals surface area contributed by atoms with Gasteiger partial charge in [0.15, 0.2) is 11.5 Å². The number of furan rings is 1. The first-order valence-electron chi connectivity index (χ1n) is 13.3. The van der Waals surface area contributed by atoms with E-state index in [-0.39, 0.29) is 46.4 Å². The Bertz CT molecular complexity index is 1300. The molecule has 3 fully saturated rings. The number of likely N-dealkylation sites (N-methyl/N-ethyl adjacent to an activating group) is 1. The number of aromatic hydroxyl groups is 1. The van der Waals surface area contributed by atoms with Crippen LogP contribution in [0.2, 0.25) is 0 Å². The third-order valence-corrected chi connectivity index (χ3v) is 9.70. The minimum atomic E-state index is -0.442. The smallest absolute Gasteiger partial charge is 0.276 e. The summed E-state index contributed by atoms with van der Waals surface area (Å²) in [6.07, 6.45) is 11.7. The van der Waals surface area contributed by atoms with Crippen molar-refractivity contribution in [3.8, 4) is 11.5 Å². The number of amides is 1. The van der Waals surface area contributed by atoms with E-state index in [9.17, 15) is 20.0 Å². The molecule has 3 aliphatic carbocycles. The largest absolute Gasteiger partial charge is 0.504 e. The van der Waals surface area contributed by atoms with Crippen LogP contribution in [-0.2, 0) is 16.6 Å². The van der Waals surface area contributed by atoms with Gasteiger partial charge >= 0.3 is 0 Å². The maximum atomic E-state index is 13.2. The van der Waals surface area contributed by atoms with Gasteiger partial charge in [-0.1, -0.05) is 0 Å². The Morgan fingerprint density at radius 3 is 2.92 bits per heavy atom. The van der Waals surface area contributed by atoms with E-state index in [4.69, 9.17) is 9.15 Å². The topological polar surface area (TPSA) is 109 Å². The zero-order valence-electron chi connectivity index (χ0n) is 20.8. The van der Waals surface area contributed by atoms with Gasteiger partial charge in [-0.15, -0.1) is 0 Å². The molecular weight excluding hydrogens is 474 g/mol. The van der Waals surface area contributed by atoms with Gasteiger partial charge in [-0.2, -0.15) is 0 Å². The number of ether oxygens (including phenoxy) is 1. The molecule has 9 nitrogen and oxygen atoms in total. The number of carbonyl (C=O) groups excluding carboxylic acids is 1. The molecule has 7 rings (SSSR count). The second kappa shape index (κ2) is 8.08. The second-order valence-corrected chi connectivity index (χ2v) is 11.5. The highest BCUT2D eigenvalue weighted by Gasteiger charge is 2.67. The van der Waals surface area contributed by atoms with Crippen molar-refractivity contribution in [2.24, 2.45) is 11.8 Å². The van der Waals surface area contributed by atoms with Gasteiger partial charge in [-0.25, -0.2) is 0 Å². The summed E-state index contributed by atoms with van der Waals surface area (Å²) in [7, 11) is 1.81. The van der Waals surface area contributed by atoms with Crippen molar-refractivity contribution < 1.29 is 24.0 Å². The molecule has 2 bridgehead atoms. The van der Waals surface area contributed by atoms with Crippen LogP contribution in [0.4, 0.5) is 5.69 Å². The molecule has 1 saturated heterocycles. The van der Waals surface area contributed by atoms with E-state index in [1.165, 1.54) is 18.9 Å². The average molecular weight is 506 g/mol. The molecule has 2 aliphatic heterocycles. The van der Waals surface area contributed by atoms with Gasteiger partial charge in [0.1, 0.15) is 6.10 Å². The molecule has 9 heteroatoms. The maximum Gasteiger partial charge on any atom is 0.276 e. The number of nitro groups is 1. The summed E-state index contributed by atoms with van der Waals surface area (Å²) in [4.78, 5) is 29.3. The fourth-order valence-electron chi connectivity index (χ4n) is 7.90. The molecule has 1 aromatic heterocycles. The van der Waals surface area contributed by atoms with Gasteiger partial charge in [0.25, 0.3) is 5.69 Å². The molecule has 2 saturated carbocycles. The van der Waals surface area contributed by atoms with E-state index >= 15 is 0 Å². The van der Waals surface area contributed by atoms with Crippen LogP contribution in [0.15, 0.2) is 35.2 Å². The van der Waals surface area contributed by atoms with Crippen LogP contribution < -0.4 is 4.74 Å². The number of nitro benzene ring substituents is 1. The minimum Gasteiger partial charge on any atom is -0.504 e. The van der Waals surface area contributed by atoms with Crippen molar-refractivity contribution in [2.45, 2.75) is 62.1 Å². The van der Waals surface area contributed by atoms with Gasteiger partial charge in [0.05, 0.1) is 29.6 Å². The highest BCUT2D eigenvalue weighted by molar-refractivity contribution is 5.92. The van der Waals surface area contributed by atoms with Crippen molar-refractivity contribution in [3.05, 3.63) is 57.5 Å². The molecule has 1 N–H and O–H groups in total. The van der Waals surface area contributed by atoms with Crippen molar-refractivity contribution in [3.63, 3.8) is 0 Å². The van der Waals surface area contributed by atoms with Gasteiger partial charge in [-0.3, -0.25) is 19.8 Å². The Morgan fingerprint density at radius 2 is 2.19 bits per heavy atom. The van der Waals surface area contributed by atoms with E-state index in [2.05, 4.69) is 4.90 Å². The van der Waals surface area contributed by atoms with Gasteiger partial charge < -0.3 is 19.2 Å². The van der Waals surface area contributed by atoms with Crippen LogP contribution in [0, 0.1) is 22.0 Å². The number of phenols is 1. The average Bonchev–Trinajstić information content (AvgIpc) is 3.41. The molecule has 1 aromatic carbocycles. The van der Waals surface area contributed by atoms with E-state index in [1.54, 1.807) is 35.6 Å². The fourth-order valence-corrected chi connectivity index (χ4v) is 7.90. The zero-order chi connectivity index (χ0) is 25.5. The summed E-state index contributed by atoms with van der Waals surface area (Å²) >= 11 is 0. The van der Waals surface area contributed by atoms with E-state index in [0.29, 0.717) is 12.2 Å². The lowest BCUT2D eigenvalue weighted by atomic mass is 9.50. The van der Waals surface area contributed by atoms with E-state index in [1.807, 2.05) is 7.05 Å². The number of nitrogens with zero attached hydrogens (tertiary/aromatic N) is 3. The lowest BCUT2D eigenvalue weighted by Gasteiger charge is -2.60. The molecule has 1 amide bonds. The van der Waals surface area contributed by atoms with Crippen molar-refractivity contribution in [1.82, 2.24) is 9.80 Å². The predicted molar refractivity (Wildman–Crippen MR) is 134 cm³/mol. The number of carbonyl (C=O) groups is 1. The summed E-state index contributed by atoms with van der Waals surface area (Å²) in [5.41, 5.74) is 1.93. The number of likely N-dealkylation sites (tertiary alicyclic amines) is 1. The third kappa shape index (κ3) is 3.29. The van der Waals surface area contributed by atoms with Gasteiger partial charge in [-0.05, 0) is 69.0 Å². The Labute approximate surface area is 214 Å². The molecule has 194 valence electrons. The Kier molecular flexibility index (Phi) is 4.99. The van der Waals surface area contributed by atoms with E-state index in [0.717, 1.165) is 55.0 Å². The first-order chi connectivity index (χ1) is 17.9. The predicted octanol–water partition coefficient (Wildman–Crippen LogP) is 3.88. The Balaban J connectivity index is 1.29. The Morgan fingerprint density at radius 1 is 1.35 bits per heavy atom. The van der Waals surface area contributed by atoms with Crippen LogP contribution in [0.5, 0.6) is 11.5 Å². The SMILES string of the molecule is CN(C(=O)/C=C/c1ccoc1)[C@H]1CC[C@H]2[C@H]3Cc4c([N+](=O)[O-])cc(O)c5c4[C@@]2(CCN3CC2CC2)[C@H]1O5. The van der Waals surface area contributed by atoms with Crippen molar-refractivity contribution in [1.29, 1.82) is 0 Å². The molecule has 37 heavy (non-hydrogen) atoms. The summed E-state index contributed by atoms with van der Waals surface area (Å²) in [5.74, 6) is 1.11. The van der Waals surface area contributed by atoms with Crippen LogP contribution >= 0.6 is 0 Å². The molecule has 3 heterocycles. The molecule has 5 atom stereocenters. The number of benzene rings is 1. The first-order valence-corrected chi connectivity index (χ1v) is 13.3. The zero-order valence-corrected chi connectivity index (χ0v) is 20.8. The normalized spacial score (nSPS) is 31.7. The monoisotopic (exact) mass is 505 g/mol. The highest BCUT2D eigenvalue weighted by atomic mass is 16.6. The third-order valence-electron chi connectivity index (χ3n) is 9.70. The molecule has 5 aliphatic rings. The molecule has 1 spiro atoms. The lowest BCUT2D eigenvalue weighted by Crippen LogP contribution is -2.69. The number of rotatable bonds is 6. The van der Waals surface area contributed by atoms with Crippen LogP contribution in [0.25, 0.3) is 6.08 Å². The van der Waals surface area contributed by atoms with Gasteiger partial charge in [0.2, 0.25) is 5.91 Å². The first kappa shape index (κ1) is 22.8. The van der Waals surface area contributed by atoms with Crippen LogP contribution in [0.3, 0.4) is 0 Å². The number of hydrogen-bond donors (Lipinski definition) is 1. The summed E-state index contributed by atoms with van der Waals surface area (Å²) in [5, 5.41) is 23.0. The minimum absolute atomic E-state index is 0.00815. The molecular formula is C28H31N3O6. The molecule has 0 unspecified atom stereocenters. The van der Waals surface area contributed by atoms with Crippen LogP contribution in [0.1, 0.15) is 48.8 Å². The number of piperidine rings is 1. The van der Waals surface area contributed by atoms with Crippen molar-refractivity contribution in [2.75, 3.05) is 20.1 Å². The highest BCUT2D eigenvalue weighted by Crippen LogP contribution is 2.65. The number of phenolic OH excluding ortho intramolecular Hbond substituents is 1. The quantitative estimate of drug-likeness (QED) is 0.360. The summed E-state index contributed by atoms with van der Waals surface area (Å²) < 4.78 is 11.7. The maximum absolute atomic E-state index is 13.2. The summed E-state index contributed by atoms with van der Waals surface area (Å²) in [6.45, 7) is 1.96. The summed E-state index contributed by atoms with van der Waals surface area (Å²) in [6, 6.07) is 3.07. The van der Waals surface area contributed by atoms with Crippen LogP contribution in [-0.4, -0.2) is 64.1 Å². The second-order valence-electron chi connectivity index (χ2n) is 11.5. The lowest BCUT2D eigenvalue weighted by molar-refractivity contribution is -0.385. The van der Waals surface area contributed by atoms with E-state index < -0.39 is 5.41 Å². The number of hydrogen-bond acceptors (Lipinski definition) is 7.